The second-order valence-corrected chi connectivity index (χ2v) is 6.79. The van der Waals surface area contributed by atoms with Gasteiger partial charge in [0.25, 0.3) is 0 Å². The highest BCUT2D eigenvalue weighted by Gasteiger charge is 2.14. The maximum atomic E-state index is 4.04. The molecule has 3 aromatic rings. The van der Waals surface area contributed by atoms with E-state index < -0.39 is 0 Å². The van der Waals surface area contributed by atoms with Gasteiger partial charge in [0, 0.05) is 37.5 Å². The summed E-state index contributed by atoms with van der Waals surface area (Å²) in [4.78, 5) is 2.14. The maximum Gasteiger partial charge on any atom is 0.0565 e. The van der Waals surface area contributed by atoms with Gasteiger partial charge in [-0.3, -0.25) is 5.10 Å². The molecule has 0 saturated heterocycles. The number of rotatable bonds is 7. The number of benzene rings is 2. The molecule has 0 aliphatic carbocycles. The van der Waals surface area contributed by atoms with Gasteiger partial charge in [0.05, 0.1) is 6.20 Å². The molecule has 1 N–H and O–H groups in total. The summed E-state index contributed by atoms with van der Waals surface area (Å²) in [5.74, 6) is 0.453. The number of anilines is 1. The largest absolute Gasteiger partial charge is 0.378 e. The van der Waals surface area contributed by atoms with Gasteiger partial charge < -0.3 is 4.90 Å². The van der Waals surface area contributed by atoms with Crippen molar-refractivity contribution in [3.63, 3.8) is 0 Å². The lowest BCUT2D eigenvalue weighted by atomic mass is 9.86. The zero-order chi connectivity index (χ0) is 17.6. The summed E-state index contributed by atoms with van der Waals surface area (Å²) in [7, 11) is 4.16. The predicted molar refractivity (Wildman–Crippen MR) is 106 cm³/mol. The van der Waals surface area contributed by atoms with Crippen molar-refractivity contribution in [1.29, 1.82) is 0 Å². The Morgan fingerprint density at radius 3 is 2.08 bits per heavy atom. The molecule has 1 atom stereocenters. The molecule has 25 heavy (non-hydrogen) atoms. The zero-order valence-electron chi connectivity index (χ0n) is 15.4. The van der Waals surface area contributed by atoms with Gasteiger partial charge in [-0.05, 0) is 35.2 Å². The van der Waals surface area contributed by atoms with Gasteiger partial charge in [0.1, 0.15) is 0 Å². The van der Waals surface area contributed by atoms with Crippen LogP contribution in [-0.4, -0.2) is 24.3 Å². The van der Waals surface area contributed by atoms with Crippen molar-refractivity contribution in [1.82, 2.24) is 10.2 Å². The lowest BCUT2D eigenvalue weighted by Gasteiger charge is -2.20. The molecule has 2 aromatic carbocycles. The van der Waals surface area contributed by atoms with Gasteiger partial charge in [0.2, 0.25) is 0 Å². The van der Waals surface area contributed by atoms with E-state index in [1.54, 1.807) is 0 Å². The van der Waals surface area contributed by atoms with Crippen LogP contribution in [0, 0.1) is 0 Å². The van der Waals surface area contributed by atoms with E-state index in [9.17, 15) is 0 Å². The molecule has 1 heterocycles. The van der Waals surface area contributed by atoms with E-state index in [1.165, 1.54) is 41.6 Å². The molecule has 3 rings (SSSR count). The second-order valence-electron chi connectivity index (χ2n) is 6.79. The molecule has 0 saturated carbocycles. The molecule has 130 valence electrons. The Morgan fingerprint density at radius 1 is 0.920 bits per heavy atom. The third-order valence-electron chi connectivity index (χ3n) is 4.80. The number of aromatic amines is 1. The monoisotopic (exact) mass is 333 g/mol. The Kier molecular flexibility index (Phi) is 5.54. The van der Waals surface area contributed by atoms with Crippen molar-refractivity contribution in [2.45, 2.75) is 32.1 Å². The van der Waals surface area contributed by atoms with E-state index >= 15 is 0 Å². The predicted octanol–water partition coefficient (Wildman–Crippen LogP) is 5.46. The van der Waals surface area contributed by atoms with Crippen LogP contribution in [0.4, 0.5) is 5.69 Å². The first kappa shape index (κ1) is 17.3. The molecule has 0 amide bonds. The van der Waals surface area contributed by atoms with Crippen LogP contribution in [0.25, 0.3) is 11.1 Å². The van der Waals surface area contributed by atoms with Crippen molar-refractivity contribution in [3.05, 3.63) is 72.1 Å². The normalized spacial score (nSPS) is 12.1. The highest BCUT2D eigenvalue weighted by atomic mass is 15.1. The highest BCUT2D eigenvalue weighted by Crippen LogP contribution is 2.32. The third-order valence-corrected chi connectivity index (χ3v) is 4.80. The number of H-pyrrole nitrogens is 1. The topological polar surface area (TPSA) is 31.9 Å². The maximum absolute atomic E-state index is 4.04. The molecule has 0 radical (unpaired) electrons. The summed E-state index contributed by atoms with van der Waals surface area (Å²) in [5, 5.41) is 6.92. The van der Waals surface area contributed by atoms with Gasteiger partial charge >= 0.3 is 0 Å². The van der Waals surface area contributed by atoms with Gasteiger partial charge in [-0.2, -0.15) is 5.10 Å². The molecule has 3 heteroatoms. The average Bonchev–Trinajstić information content (AvgIpc) is 3.18. The fraction of sp³-hybridized carbons (Fsp3) is 0.318. The molecule has 0 spiro atoms. The van der Waals surface area contributed by atoms with Crippen LogP contribution < -0.4 is 4.90 Å². The summed E-state index contributed by atoms with van der Waals surface area (Å²) in [6.45, 7) is 2.26. The molecule has 0 aliphatic rings. The van der Waals surface area contributed by atoms with Crippen molar-refractivity contribution in [2.24, 2.45) is 0 Å². The van der Waals surface area contributed by atoms with Gasteiger partial charge in [0.15, 0.2) is 0 Å². The van der Waals surface area contributed by atoms with E-state index in [0.29, 0.717) is 5.92 Å². The molecule has 1 aromatic heterocycles. The first-order chi connectivity index (χ1) is 12.2. The molecular formula is C22H27N3. The minimum atomic E-state index is 0.453. The third kappa shape index (κ3) is 4.11. The van der Waals surface area contributed by atoms with Gasteiger partial charge in [-0.15, -0.1) is 0 Å². The van der Waals surface area contributed by atoms with E-state index in [0.717, 1.165) is 5.56 Å². The van der Waals surface area contributed by atoms with Crippen molar-refractivity contribution < 1.29 is 0 Å². The van der Waals surface area contributed by atoms with E-state index in [2.05, 4.69) is 84.6 Å². The summed E-state index contributed by atoms with van der Waals surface area (Å²) < 4.78 is 0. The average molecular weight is 333 g/mol. The van der Waals surface area contributed by atoms with Crippen LogP contribution in [0.15, 0.2) is 60.9 Å². The summed E-state index contributed by atoms with van der Waals surface area (Å²) >= 11 is 0. The van der Waals surface area contributed by atoms with E-state index in [4.69, 9.17) is 0 Å². The molecule has 0 fully saturated rings. The summed E-state index contributed by atoms with van der Waals surface area (Å²) in [6.07, 6.45) is 7.44. The molecule has 0 bridgehead atoms. The van der Waals surface area contributed by atoms with Crippen molar-refractivity contribution >= 4 is 5.69 Å². The number of hydrogen-bond donors (Lipinski definition) is 1. The van der Waals surface area contributed by atoms with Crippen molar-refractivity contribution in [3.8, 4) is 11.1 Å². The summed E-state index contributed by atoms with van der Waals surface area (Å²) in [5.41, 5.74) is 6.36. The Labute approximate surface area is 150 Å². The number of unbranched alkanes of at least 4 members (excludes halogenated alkanes) is 1. The molecule has 0 aliphatic heterocycles. The number of nitrogens with one attached hydrogen (secondary N) is 1. The van der Waals surface area contributed by atoms with Gasteiger partial charge in [-0.25, -0.2) is 0 Å². The first-order valence-corrected chi connectivity index (χ1v) is 9.05. The van der Waals surface area contributed by atoms with Crippen molar-refractivity contribution in [2.75, 3.05) is 19.0 Å². The Bertz CT molecular complexity index is 756. The quantitative estimate of drug-likeness (QED) is 0.622. The molecule has 1 unspecified atom stereocenters. The molecular weight excluding hydrogens is 306 g/mol. The van der Waals surface area contributed by atoms with Crippen LogP contribution in [0.3, 0.4) is 0 Å². The van der Waals surface area contributed by atoms with Crippen LogP contribution >= 0.6 is 0 Å². The van der Waals surface area contributed by atoms with Crippen LogP contribution in [0.2, 0.25) is 0 Å². The SMILES string of the molecule is CCCCC(c1ccc(-c2cn[nH]c2)cc1)c1ccc(N(C)C)cc1. The second kappa shape index (κ2) is 8.02. The minimum Gasteiger partial charge on any atom is -0.378 e. The smallest absolute Gasteiger partial charge is 0.0565 e. The number of aromatic nitrogens is 2. The van der Waals surface area contributed by atoms with Crippen LogP contribution in [0.1, 0.15) is 43.2 Å². The first-order valence-electron chi connectivity index (χ1n) is 9.05. The fourth-order valence-corrected chi connectivity index (χ4v) is 3.26. The lowest BCUT2D eigenvalue weighted by molar-refractivity contribution is 0.650. The van der Waals surface area contributed by atoms with Crippen LogP contribution in [0.5, 0.6) is 0 Å². The number of hydrogen-bond acceptors (Lipinski definition) is 2. The minimum absolute atomic E-state index is 0.453. The number of nitrogens with zero attached hydrogens (tertiary/aromatic N) is 2. The Balaban J connectivity index is 1.87. The Morgan fingerprint density at radius 2 is 1.56 bits per heavy atom. The molecule has 3 nitrogen and oxygen atoms in total. The zero-order valence-corrected chi connectivity index (χ0v) is 15.4. The fourth-order valence-electron chi connectivity index (χ4n) is 3.26. The summed E-state index contributed by atoms with van der Waals surface area (Å²) in [6, 6.07) is 17.9. The van der Waals surface area contributed by atoms with Crippen LogP contribution in [-0.2, 0) is 0 Å². The van der Waals surface area contributed by atoms with E-state index in [-0.39, 0.29) is 0 Å². The Hall–Kier alpha value is -2.55. The highest BCUT2D eigenvalue weighted by molar-refractivity contribution is 5.62. The standard InChI is InChI=1S/C22H27N3/c1-4-5-6-22(19-11-13-21(14-12-19)25(2)3)18-9-7-17(8-10-18)20-15-23-24-16-20/h7-16,22H,4-6H2,1-3H3,(H,23,24). The lowest BCUT2D eigenvalue weighted by Crippen LogP contribution is -2.09. The van der Waals surface area contributed by atoms with Gasteiger partial charge in [-0.1, -0.05) is 56.2 Å². The van der Waals surface area contributed by atoms with E-state index in [1.807, 2.05) is 12.4 Å².